The number of hydrogen-bond donors (Lipinski definition) is 0. The lowest BCUT2D eigenvalue weighted by Gasteiger charge is -2.61. The maximum Gasteiger partial charge on any atom is 0.160 e. The first-order valence-electron chi connectivity index (χ1n) is 27.0. The topological polar surface area (TPSA) is 38.9 Å². The van der Waals surface area contributed by atoms with E-state index in [-0.39, 0.29) is 22.2 Å². The van der Waals surface area contributed by atoms with Crippen LogP contribution in [-0.2, 0) is 16.2 Å². The minimum Gasteiger partial charge on any atom is -0.456 e. The molecule has 3 spiro atoms. The minimum atomic E-state index is -0.223. The number of hydrogen-bond acceptors (Lipinski definition) is 3. The molecule has 7 atom stereocenters. The first-order chi connectivity index (χ1) is 35.6. The fourth-order valence-corrected chi connectivity index (χ4v) is 17.2. The van der Waals surface area contributed by atoms with Crippen LogP contribution in [0.1, 0.15) is 115 Å². The van der Waals surface area contributed by atoms with Crippen molar-refractivity contribution in [2.24, 2.45) is 5.92 Å². The van der Waals surface area contributed by atoms with Crippen LogP contribution in [-0.4, -0.2) is 9.97 Å². The molecule has 6 bridgehead atoms. The maximum atomic E-state index is 7.31. The smallest absolute Gasteiger partial charge is 0.160 e. The van der Waals surface area contributed by atoms with Crippen LogP contribution < -0.4 is 0 Å². The normalized spacial score (nSPS) is 26.2. The summed E-state index contributed by atoms with van der Waals surface area (Å²) in [6, 6.07) is 74.3. The highest BCUT2D eigenvalue weighted by molar-refractivity contribution is 6.10. The SMILES string of the molecule is c1ccc(-c2cc(-c3ccccc3)nc(-c3cc4c5c(c3)oc3cccc(c35)C3CCC45CCC4CC6(CCC7CCC(C3)(c3ccccc3-c3ccccc37)C65)c3ccccc3-c3ccccc34)n2)cc1. The average molecular weight is 929 g/mol. The van der Waals surface area contributed by atoms with Gasteiger partial charge >= 0.3 is 0 Å². The van der Waals surface area contributed by atoms with Crippen molar-refractivity contribution in [3.05, 3.63) is 228 Å². The molecule has 348 valence electrons. The zero-order valence-corrected chi connectivity index (χ0v) is 40.7. The van der Waals surface area contributed by atoms with E-state index in [1.165, 1.54) is 63.4 Å². The Labute approximate surface area is 422 Å². The molecule has 0 N–H and O–H groups in total. The molecular formula is C69H56N2O. The Morgan fingerprint density at radius 2 is 0.847 bits per heavy atom. The average Bonchev–Trinajstić information content (AvgIpc) is 3.61. The Balaban J connectivity index is 1.06. The number of rotatable bonds is 3. The molecule has 3 heteroatoms. The van der Waals surface area contributed by atoms with E-state index >= 15 is 0 Å². The lowest BCUT2D eigenvalue weighted by atomic mass is 9.42. The van der Waals surface area contributed by atoms with Gasteiger partial charge in [-0.2, -0.15) is 0 Å². The van der Waals surface area contributed by atoms with E-state index in [1.807, 2.05) is 0 Å². The van der Waals surface area contributed by atoms with Gasteiger partial charge in [0, 0.05) is 43.7 Å². The highest BCUT2D eigenvalue weighted by atomic mass is 16.3. The van der Waals surface area contributed by atoms with Crippen molar-refractivity contribution < 1.29 is 4.42 Å². The summed E-state index contributed by atoms with van der Waals surface area (Å²) in [6.45, 7) is 0. The molecule has 0 aliphatic heterocycles. The van der Waals surface area contributed by atoms with Crippen LogP contribution >= 0.6 is 0 Å². The van der Waals surface area contributed by atoms with E-state index < -0.39 is 0 Å². The third-order valence-corrected chi connectivity index (χ3v) is 19.7. The summed E-state index contributed by atoms with van der Waals surface area (Å²) in [5, 5.41) is 2.69. The molecule has 10 aromatic rings. The molecule has 3 fully saturated rings. The van der Waals surface area contributed by atoms with Crippen LogP contribution in [0.4, 0.5) is 0 Å². The molecule has 0 amide bonds. The predicted octanol–water partition coefficient (Wildman–Crippen LogP) is 17.7. The highest BCUT2D eigenvalue weighted by Crippen LogP contribution is 2.74. The van der Waals surface area contributed by atoms with Crippen LogP contribution in [0.15, 0.2) is 199 Å². The van der Waals surface area contributed by atoms with Gasteiger partial charge in [-0.05, 0) is 168 Å². The van der Waals surface area contributed by atoms with Gasteiger partial charge in [0.25, 0.3) is 0 Å². The van der Waals surface area contributed by atoms with E-state index in [1.54, 1.807) is 22.3 Å². The van der Waals surface area contributed by atoms with Gasteiger partial charge in [-0.3, -0.25) is 0 Å². The number of nitrogens with zero attached hydrogens (tertiary/aromatic N) is 2. The van der Waals surface area contributed by atoms with Gasteiger partial charge in [0.2, 0.25) is 0 Å². The second kappa shape index (κ2) is 15.3. The number of benzene rings is 8. The molecule has 72 heavy (non-hydrogen) atoms. The van der Waals surface area contributed by atoms with Crippen molar-refractivity contribution in [1.29, 1.82) is 0 Å². The molecule has 7 unspecified atom stereocenters. The molecule has 2 aromatic heterocycles. The lowest BCUT2D eigenvalue weighted by Crippen LogP contribution is -2.58. The summed E-state index contributed by atoms with van der Waals surface area (Å²) in [5.74, 6) is 2.31. The molecule has 6 aliphatic rings. The van der Waals surface area contributed by atoms with Crippen molar-refractivity contribution >= 4 is 21.9 Å². The quantitative estimate of drug-likeness (QED) is 0.177. The van der Waals surface area contributed by atoms with E-state index in [0.29, 0.717) is 17.8 Å². The van der Waals surface area contributed by atoms with Crippen LogP contribution in [0.25, 0.3) is 78.1 Å². The van der Waals surface area contributed by atoms with Crippen LogP contribution in [0.2, 0.25) is 0 Å². The Kier molecular flexibility index (Phi) is 8.79. The fraction of sp³-hybridized carbons (Fsp3) is 0.246. The van der Waals surface area contributed by atoms with Gasteiger partial charge in [0.15, 0.2) is 5.82 Å². The third-order valence-electron chi connectivity index (χ3n) is 19.7. The second-order valence-corrected chi connectivity index (χ2v) is 22.7. The zero-order valence-electron chi connectivity index (χ0n) is 40.7. The molecular weight excluding hydrogens is 873 g/mol. The van der Waals surface area contributed by atoms with Gasteiger partial charge in [0.05, 0.1) is 11.4 Å². The maximum absolute atomic E-state index is 7.31. The molecule has 3 nitrogen and oxygen atoms in total. The lowest BCUT2D eigenvalue weighted by molar-refractivity contribution is 0.0288. The minimum absolute atomic E-state index is 0.143. The van der Waals surface area contributed by atoms with Crippen LogP contribution in [0.3, 0.4) is 0 Å². The summed E-state index contributed by atoms with van der Waals surface area (Å²) < 4.78 is 7.31. The zero-order chi connectivity index (χ0) is 47.2. The summed E-state index contributed by atoms with van der Waals surface area (Å²) in [5.41, 5.74) is 21.6. The van der Waals surface area contributed by atoms with E-state index in [4.69, 9.17) is 14.4 Å². The molecule has 8 aromatic carbocycles. The predicted molar refractivity (Wildman–Crippen MR) is 292 cm³/mol. The van der Waals surface area contributed by atoms with Gasteiger partial charge < -0.3 is 4.42 Å². The van der Waals surface area contributed by atoms with Crippen LogP contribution in [0.5, 0.6) is 0 Å². The first kappa shape index (κ1) is 41.3. The highest BCUT2D eigenvalue weighted by Gasteiger charge is 2.67. The summed E-state index contributed by atoms with van der Waals surface area (Å²) >= 11 is 0. The molecule has 0 saturated heterocycles. The van der Waals surface area contributed by atoms with Crippen molar-refractivity contribution in [3.8, 4) is 56.2 Å². The standard InChI is InChI=1S/C69H56N2O/c1-3-16-44(17-4-1)59-40-60(45-18-5-2-6-19-45)71-65(70-59)48-38-58-64-62(39-48)72-61-29-15-26-51(63(61)64)47-33-35-67(58)34-32-46-41-68(57-28-14-12-25-55(57)53-23-10-8-21-50(46)53)36-30-43-31-37-69(42-47,66(67)68)56-27-13-11-24-54(56)52-22-9-7-20-49(43)52/h1-29,38-40,43,46-47,66H,30-37,41-42H2. The van der Waals surface area contributed by atoms with Crippen molar-refractivity contribution in [3.63, 3.8) is 0 Å². The Morgan fingerprint density at radius 1 is 0.361 bits per heavy atom. The summed E-state index contributed by atoms with van der Waals surface area (Å²) in [6.07, 6.45) is 11.5. The fourth-order valence-electron chi connectivity index (χ4n) is 17.2. The van der Waals surface area contributed by atoms with E-state index in [2.05, 4.69) is 194 Å². The van der Waals surface area contributed by atoms with Crippen molar-refractivity contribution in [1.82, 2.24) is 9.97 Å². The number of furan rings is 1. The van der Waals surface area contributed by atoms with E-state index in [0.717, 1.165) is 90.0 Å². The van der Waals surface area contributed by atoms with Crippen molar-refractivity contribution in [2.75, 3.05) is 0 Å². The van der Waals surface area contributed by atoms with Gasteiger partial charge in [-0.25, -0.2) is 9.97 Å². The van der Waals surface area contributed by atoms with Gasteiger partial charge in [0.1, 0.15) is 11.2 Å². The molecule has 0 radical (unpaired) electrons. The first-order valence-corrected chi connectivity index (χ1v) is 27.0. The molecule has 2 heterocycles. The number of aromatic nitrogens is 2. The largest absolute Gasteiger partial charge is 0.456 e. The van der Waals surface area contributed by atoms with Gasteiger partial charge in [-0.15, -0.1) is 0 Å². The third kappa shape index (κ3) is 5.68. The second-order valence-electron chi connectivity index (χ2n) is 22.7. The monoisotopic (exact) mass is 928 g/mol. The Morgan fingerprint density at radius 3 is 1.46 bits per heavy atom. The van der Waals surface area contributed by atoms with Crippen molar-refractivity contribution in [2.45, 2.75) is 98.2 Å². The summed E-state index contributed by atoms with van der Waals surface area (Å²) in [4.78, 5) is 11.1. The Bertz CT molecular complexity index is 3770. The van der Waals surface area contributed by atoms with E-state index in [9.17, 15) is 0 Å². The van der Waals surface area contributed by atoms with Crippen LogP contribution in [0, 0.1) is 5.92 Å². The number of fused-ring (bicyclic) bond motifs is 14. The summed E-state index contributed by atoms with van der Waals surface area (Å²) in [7, 11) is 0. The molecule has 6 aliphatic carbocycles. The van der Waals surface area contributed by atoms with Gasteiger partial charge in [-0.1, -0.05) is 170 Å². The molecule has 16 rings (SSSR count). The Hall–Kier alpha value is -7.36. The molecule has 3 saturated carbocycles.